The van der Waals surface area contributed by atoms with E-state index in [1.54, 1.807) is 23.7 Å². The Morgan fingerprint density at radius 3 is 2.70 bits per heavy atom. The molecule has 0 saturated carbocycles. The number of rotatable bonds is 7. The monoisotopic (exact) mass is 481 g/mol. The molecule has 4 rings (SSSR count). The number of aromatic carboxylic acids is 1. The van der Waals surface area contributed by atoms with Gasteiger partial charge in [-0.05, 0) is 61.1 Å². The summed E-state index contributed by atoms with van der Waals surface area (Å²) in [5.41, 5.74) is 6.24. The second-order valence-electron chi connectivity index (χ2n) is 8.24. The quantitative estimate of drug-likeness (QED) is 0.364. The molecule has 0 radical (unpaired) electrons. The van der Waals surface area contributed by atoms with E-state index in [1.165, 1.54) is 23.6 Å². The Morgan fingerprint density at radius 1 is 1.21 bits per heavy atom. The van der Waals surface area contributed by atoms with Crippen LogP contribution in [0.1, 0.15) is 46.1 Å². The number of carbonyl (C=O) groups is 1. The summed E-state index contributed by atoms with van der Waals surface area (Å²) in [7, 11) is 1.81. The summed E-state index contributed by atoms with van der Waals surface area (Å²) >= 11 is 11.5. The van der Waals surface area contributed by atoms with Gasteiger partial charge in [0, 0.05) is 23.9 Å². The normalized spacial score (nSPS) is 13.2. The van der Waals surface area contributed by atoms with Gasteiger partial charge in [0.1, 0.15) is 11.4 Å². The van der Waals surface area contributed by atoms with E-state index in [0.29, 0.717) is 28.4 Å². The predicted molar refractivity (Wildman–Crippen MR) is 134 cm³/mol. The van der Waals surface area contributed by atoms with Gasteiger partial charge in [-0.2, -0.15) is 5.10 Å². The van der Waals surface area contributed by atoms with Crippen LogP contribution in [0, 0.1) is 0 Å². The Balaban J connectivity index is 1.49. The molecule has 1 aliphatic rings. The number of carboxylic acids is 1. The van der Waals surface area contributed by atoms with Crippen molar-refractivity contribution in [2.75, 3.05) is 6.54 Å². The molecular formula is C25H24ClN3O3S. The van der Waals surface area contributed by atoms with Gasteiger partial charge in [0.2, 0.25) is 0 Å². The summed E-state index contributed by atoms with van der Waals surface area (Å²) in [6.07, 6.45) is 3.79. The number of hydrogen-bond donors (Lipinski definition) is 2. The van der Waals surface area contributed by atoms with Crippen molar-refractivity contribution in [1.29, 1.82) is 0 Å². The molecule has 1 heterocycles. The largest absolute Gasteiger partial charge is 0.504 e. The van der Waals surface area contributed by atoms with Crippen molar-refractivity contribution in [3.05, 3.63) is 69.4 Å². The Morgan fingerprint density at radius 2 is 1.97 bits per heavy atom. The molecule has 0 amide bonds. The van der Waals surface area contributed by atoms with E-state index in [4.69, 9.17) is 28.9 Å². The number of thiocarbonyl (C=S) groups is 1. The van der Waals surface area contributed by atoms with Gasteiger partial charge in [-0.1, -0.05) is 42.0 Å². The van der Waals surface area contributed by atoms with E-state index in [2.05, 4.69) is 22.2 Å². The number of fused-ring (bicyclic) bond motifs is 1. The molecule has 0 unspecified atom stereocenters. The van der Waals surface area contributed by atoms with Crippen LogP contribution in [0.15, 0.2) is 41.4 Å². The molecule has 170 valence electrons. The minimum Gasteiger partial charge on any atom is -0.504 e. The molecule has 0 saturated heterocycles. The number of benzene rings is 2. The Bertz CT molecular complexity index is 1300. The van der Waals surface area contributed by atoms with E-state index < -0.39 is 5.97 Å². The predicted octanol–water partition coefficient (Wildman–Crippen LogP) is 5.05. The molecule has 0 fully saturated rings. The first-order chi connectivity index (χ1) is 15.7. The number of aliphatic imine (C=N–C) groups is 1. The van der Waals surface area contributed by atoms with E-state index in [1.807, 2.05) is 13.1 Å². The first kappa shape index (κ1) is 23.1. The molecule has 6 nitrogen and oxygen atoms in total. The average Bonchev–Trinajstić information content (AvgIpc) is 3.35. The number of aromatic hydroxyl groups is 1. The third-order valence-electron chi connectivity index (χ3n) is 5.89. The highest BCUT2D eigenvalue weighted by molar-refractivity contribution is 7.80. The van der Waals surface area contributed by atoms with Gasteiger partial charge in [-0.15, -0.1) is 0 Å². The van der Waals surface area contributed by atoms with Gasteiger partial charge in [0.15, 0.2) is 5.75 Å². The van der Waals surface area contributed by atoms with Crippen molar-refractivity contribution in [2.45, 2.75) is 32.6 Å². The molecule has 0 spiro atoms. The Hall–Kier alpha value is -3.03. The minimum absolute atomic E-state index is 0.0602. The van der Waals surface area contributed by atoms with Crippen LogP contribution in [0.2, 0.25) is 5.02 Å². The number of aromatic nitrogens is 2. The lowest BCUT2D eigenvalue weighted by atomic mass is 10.0. The van der Waals surface area contributed by atoms with E-state index >= 15 is 0 Å². The zero-order valence-corrected chi connectivity index (χ0v) is 20.0. The van der Waals surface area contributed by atoms with Crippen LogP contribution >= 0.6 is 23.8 Å². The van der Waals surface area contributed by atoms with Crippen molar-refractivity contribution in [2.24, 2.45) is 12.0 Å². The maximum Gasteiger partial charge on any atom is 0.337 e. The zero-order valence-electron chi connectivity index (χ0n) is 18.4. The standard InChI is InChI=1S/C25H24ClN3O3S/c1-14(27-13-19(33)10-15-6-9-20(25(31)32)21(26)11-15)22-24(30)23(29(2)28-22)18-8-7-16-4-3-5-17(16)12-18/h6-9,11-12,30H,3-5,10,13H2,1-2H3,(H,31,32). The maximum atomic E-state index is 11.1. The minimum atomic E-state index is -1.07. The smallest absolute Gasteiger partial charge is 0.337 e. The number of aryl methyl sites for hydroxylation is 3. The number of hydrogen-bond acceptors (Lipinski definition) is 5. The lowest BCUT2D eigenvalue weighted by molar-refractivity contribution is 0.0697. The second kappa shape index (κ2) is 9.45. The highest BCUT2D eigenvalue weighted by Crippen LogP contribution is 2.35. The molecule has 33 heavy (non-hydrogen) atoms. The van der Waals surface area contributed by atoms with Crippen molar-refractivity contribution in [1.82, 2.24) is 9.78 Å². The highest BCUT2D eigenvalue weighted by atomic mass is 35.5. The highest BCUT2D eigenvalue weighted by Gasteiger charge is 2.21. The fourth-order valence-corrected chi connectivity index (χ4v) is 4.72. The molecule has 2 aromatic carbocycles. The number of nitrogens with zero attached hydrogens (tertiary/aromatic N) is 3. The molecule has 3 aromatic rings. The first-order valence-corrected chi connectivity index (χ1v) is 11.5. The van der Waals surface area contributed by atoms with Crippen LogP contribution in [-0.4, -0.2) is 43.1 Å². The van der Waals surface area contributed by atoms with E-state index in [0.717, 1.165) is 24.0 Å². The van der Waals surface area contributed by atoms with Gasteiger partial charge in [0.25, 0.3) is 0 Å². The van der Waals surface area contributed by atoms with E-state index in [-0.39, 0.29) is 22.9 Å². The molecule has 0 aliphatic heterocycles. The topological polar surface area (TPSA) is 87.7 Å². The molecular weight excluding hydrogens is 458 g/mol. The lowest BCUT2D eigenvalue weighted by Gasteiger charge is -2.06. The summed E-state index contributed by atoms with van der Waals surface area (Å²) < 4.78 is 1.69. The number of halogens is 1. The lowest BCUT2D eigenvalue weighted by Crippen LogP contribution is -2.08. The molecule has 0 bridgehead atoms. The van der Waals surface area contributed by atoms with Crippen molar-refractivity contribution in [3.8, 4) is 17.0 Å². The van der Waals surface area contributed by atoms with Crippen LogP contribution in [-0.2, 0) is 26.3 Å². The zero-order chi connectivity index (χ0) is 23.7. The van der Waals surface area contributed by atoms with Crippen LogP contribution in [0.5, 0.6) is 5.75 Å². The summed E-state index contributed by atoms with van der Waals surface area (Å²) in [4.78, 5) is 16.3. The van der Waals surface area contributed by atoms with Crippen LogP contribution in [0.3, 0.4) is 0 Å². The van der Waals surface area contributed by atoms with Crippen LogP contribution in [0.25, 0.3) is 11.3 Å². The maximum absolute atomic E-state index is 11.1. The van der Waals surface area contributed by atoms with Gasteiger partial charge in [-0.3, -0.25) is 9.67 Å². The summed E-state index contributed by atoms with van der Waals surface area (Å²) in [5, 5.41) is 24.7. The Kier molecular flexibility index (Phi) is 6.63. The third kappa shape index (κ3) is 4.84. The molecule has 8 heteroatoms. The van der Waals surface area contributed by atoms with Gasteiger partial charge in [0.05, 0.1) is 22.8 Å². The molecule has 1 aromatic heterocycles. The fourth-order valence-electron chi connectivity index (χ4n) is 4.21. The van der Waals surface area contributed by atoms with Crippen molar-refractivity contribution in [3.63, 3.8) is 0 Å². The third-order valence-corrected chi connectivity index (χ3v) is 6.48. The second-order valence-corrected chi connectivity index (χ2v) is 9.23. The summed E-state index contributed by atoms with van der Waals surface area (Å²) in [5.74, 6) is -0.956. The first-order valence-electron chi connectivity index (χ1n) is 10.7. The molecule has 1 aliphatic carbocycles. The summed E-state index contributed by atoms with van der Waals surface area (Å²) in [6, 6.07) is 11.1. The Labute approximate surface area is 202 Å². The van der Waals surface area contributed by atoms with Gasteiger partial charge < -0.3 is 10.2 Å². The van der Waals surface area contributed by atoms with Crippen molar-refractivity contribution >= 4 is 40.4 Å². The SMILES string of the molecule is CC(=NCC(=S)Cc1ccc(C(=O)O)c(Cl)c1)c1nn(C)c(-c2ccc3c(c2)CCC3)c1O. The van der Waals surface area contributed by atoms with Gasteiger partial charge >= 0.3 is 5.97 Å². The van der Waals surface area contributed by atoms with Crippen LogP contribution < -0.4 is 0 Å². The number of carboxylic acid groups (broad SMARTS) is 1. The van der Waals surface area contributed by atoms with Crippen molar-refractivity contribution < 1.29 is 15.0 Å². The molecule has 2 N–H and O–H groups in total. The summed E-state index contributed by atoms with van der Waals surface area (Å²) in [6.45, 7) is 2.08. The van der Waals surface area contributed by atoms with Gasteiger partial charge in [-0.25, -0.2) is 4.79 Å². The average molecular weight is 482 g/mol. The molecule has 0 atom stereocenters. The van der Waals surface area contributed by atoms with E-state index in [9.17, 15) is 9.90 Å². The van der Waals surface area contributed by atoms with Crippen LogP contribution in [0.4, 0.5) is 0 Å². The fraction of sp³-hybridized carbons (Fsp3) is 0.280.